The van der Waals surface area contributed by atoms with E-state index in [9.17, 15) is 14.0 Å². The van der Waals surface area contributed by atoms with Crippen LogP contribution in [-0.2, 0) is 16.1 Å². The Hall–Kier alpha value is -2.89. The van der Waals surface area contributed by atoms with Gasteiger partial charge in [-0.3, -0.25) is 9.59 Å². The van der Waals surface area contributed by atoms with Gasteiger partial charge in [0.25, 0.3) is 5.91 Å². The lowest BCUT2D eigenvalue weighted by atomic mass is 10.1. The predicted molar refractivity (Wildman–Crippen MR) is 111 cm³/mol. The molecule has 0 saturated heterocycles. The fourth-order valence-corrected chi connectivity index (χ4v) is 2.79. The van der Waals surface area contributed by atoms with Crippen molar-refractivity contribution in [2.75, 3.05) is 6.61 Å². The normalized spacial score (nSPS) is 12.2. The van der Waals surface area contributed by atoms with E-state index in [0.717, 1.165) is 11.1 Å². The summed E-state index contributed by atoms with van der Waals surface area (Å²) in [7, 11) is 0. The van der Waals surface area contributed by atoms with Crippen LogP contribution in [0.25, 0.3) is 0 Å². The van der Waals surface area contributed by atoms with Crippen LogP contribution in [0.2, 0.25) is 0 Å². The third-order valence-corrected chi connectivity index (χ3v) is 4.44. The quantitative estimate of drug-likeness (QED) is 0.768. The van der Waals surface area contributed by atoms with E-state index in [0.29, 0.717) is 5.75 Å². The molecule has 2 aromatic carbocycles. The zero-order valence-corrected chi connectivity index (χ0v) is 17.7. The molecule has 1 atom stereocenters. The number of halogens is 1. The minimum absolute atomic E-state index is 0.235. The van der Waals surface area contributed by atoms with Crippen LogP contribution in [0.1, 0.15) is 38.8 Å². The molecule has 0 fully saturated rings. The van der Waals surface area contributed by atoms with Gasteiger partial charge in [0.1, 0.15) is 17.6 Å². The maximum absolute atomic E-state index is 13.0. The highest BCUT2D eigenvalue weighted by Gasteiger charge is 2.28. The summed E-state index contributed by atoms with van der Waals surface area (Å²) < 4.78 is 18.6. The monoisotopic (exact) mass is 400 g/mol. The largest absolute Gasteiger partial charge is 0.484 e. The second-order valence-corrected chi connectivity index (χ2v) is 8.11. The van der Waals surface area contributed by atoms with Crippen molar-refractivity contribution in [3.63, 3.8) is 0 Å². The van der Waals surface area contributed by atoms with Crippen LogP contribution in [-0.4, -0.2) is 34.9 Å². The Kier molecular flexibility index (Phi) is 7.37. The summed E-state index contributed by atoms with van der Waals surface area (Å²) in [5.74, 6) is -0.546. The zero-order chi connectivity index (χ0) is 21.6. The average Bonchev–Trinajstić information content (AvgIpc) is 2.65. The van der Waals surface area contributed by atoms with Crippen molar-refractivity contribution >= 4 is 11.8 Å². The van der Waals surface area contributed by atoms with Gasteiger partial charge in [0.2, 0.25) is 5.91 Å². The number of rotatable bonds is 7. The second-order valence-electron chi connectivity index (χ2n) is 8.11. The smallest absolute Gasteiger partial charge is 0.261 e. The Balaban J connectivity index is 2.18. The van der Waals surface area contributed by atoms with Crippen molar-refractivity contribution in [3.8, 4) is 5.75 Å². The SMILES string of the molecule is Cc1ccccc1CN(C(=O)COc1ccc(F)cc1)[C@@H](C)C(=O)NC(C)(C)C. The molecular weight excluding hydrogens is 371 g/mol. The first-order valence-corrected chi connectivity index (χ1v) is 9.61. The number of amides is 2. The number of nitrogens with zero attached hydrogens (tertiary/aromatic N) is 1. The van der Waals surface area contributed by atoms with Crippen LogP contribution >= 0.6 is 0 Å². The minimum atomic E-state index is -0.682. The van der Waals surface area contributed by atoms with Crippen LogP contribution in [0.4, 0.5) is 4.39 Å². The summed E-state index contributed by atoms with van der Waals surface area (Å²) in [5, 5.41) is 2.92. The molecule has 156 valence electrons. The fourth-order valence-electron chi connectivity index (χ4n) is 2.79. The molecule has 2 rings (SSSR count). The molecule has 0 aliphatic rings. The number of aryl methyl sites for hydroxylation is 1. The molecule has 0 bridgehead atoms. The molecule has 6 heteroatoms. The zero-order valence-electron chi connectivity index (χ0n) is 17.7. The molecule has 2 amide bonds. The number of hydrogen-bond donors (Lipinski definition) is 1. The molecule has 29 heavy (non-hydrogen) atoms. The highest BCUT2D eigenvalue weighted by molar-refractivity contribution is 5.88. The maximum Gasteiger partial charge on any atom is 0.261 e. The molecule has 1 N–H and O–H groups in total. The van der Waals surface area contributed by atoms with Crippen molar-refractivity contribution in [1.82, 2.24) is 10.2 Å². The van der Waals surface area contributed by atoms with Gasteiger partial charge in [0.05, 0.1) is 0 Å². The van der Waals surface area contributed by atoms with Crippen molar-refractivity contribution < 1.29 is 18.7 Å². The van der Waals surface area contributed by atoms with Gasteiger partial charge in [-0.25, -0.2) is 4.39 Å². The summed E-state index contributed by atoms with van der Waals surface area (Å²) >= 11 is 0. The molecule has 2 aromatic rings. The lowest BCUT2D eigenvalue weighted by Gasteiger charge is -2.31. The van der Waals surface area contributed by atoms with E-state index < -0.39 is 11.6 Å². The van der Waals surface area contributed by atoms with Crippen LogP contribution in [0, 0.1) is 12.7 Å². The summed E-state index contributed by atoms with van der Waals surface area (Å²) in [6.45, 7) is 9.39. The number of benzene rings is 2. The van der Waals surface area contributed by atoms with Gasteiger partial charge in [0.15, 0.2) is 6.61 Å². The van der Waals surface area contributed by atoms with E-state index in [-0.39, 0.29) is 30.8 Å². The van der Waals surface area contributed by atoms with Crippen molar-refractivity contribution in [3.05, 3.63) is 65.5 Å². The molecule has 0 aromatic heterocycles. The molecule has 0 saturated carbocycles. The van der Waals surface area contributed by atoms with Gasteiger partial charge in [-0.2, -0.15) is 0 Å². The van der Waals surface area contributed by atoms with Crippen LogP contribution in [0.5, 0.6) is 5.75 Å². The Morgan fingerprint density at radius 3 is 2.31 bits per heavy atom. The number of ether oxygens (including phenoxy) is 1. The highest BCUT2D eigenvalue weighted by Crippen LogP contribution is 2.16. The van der Waals surface area contributed by atoms with Crippen molar-refractivity contribution in [2.45, 2.75) is 52.7 Å². The fraction of sp³-hybridized carbons (Fsp3) is 0.391. The van der Waals surface area contributed by atoms with Crippen molar-refractivity contribution in [1.29, 1.82) is 0 Å². The van der Waals surface area contributed by atoms with Gasteiger partial charge in [0, 0.05) is 12.1 Å². The van der Waals surface area contributed by atoms with Crippen LogP contribution in [0.3, 0.4) is 0 Å². The standard InChI is InChI=1S/C23H29FN2O3/c1-16-8-6-7-9-18(16)14-26(17(2)22(28)25-23(3,4)5)21(27)15-29-20-12-10-19(24)11-13-20/h6-13,17H,14-15H2,1-5H3,(H,25,28)/t17-/m0/s1. The average molecular weight is 400 g/mol. The van der Waals surface area contributed by atoms with Gasteiger partial charge in [-0.1, -0.05) is 24.3 Å². The molecule has 0 unspecified atom stereocenters. The van der Waals surface area contributed by atoms with E-state index in [1.54, 1.807) is 6.92 Å². The number of nitrogens with one attached hydrogen (secondary N) is 1. The van der Waals surface area contributed by atoms with Gasteiger partial charge >= 0.3 is 0 Å². The number of carbonyl (C=O) groups is 2. The lowest BCUT2D eigenvalue weighted by Crippen LogP contribution is -2.53. The second kappa shape index (κ2) is 9.54. The van der Waals surface area contributed by atoms with E-state index in [1.165, 1.54) is 29.2 Å². The number of carbonyl (C=O) groups excluding carboxylic acids is 2. The van der Waals surface area contributed by atoms with Crippen LogP contribution in [0.15, 0.2) is 48.5 Å². The van der Waals surface area contributed by atoms with Gasteiger partial charge in [-0.15, -0.1) is 0 Å². The number of hydrogen-bond acceptors (Lipinski definition) is 3. The summed E-state index contributed by atoms with van der Waals surface area (Å²) in [6.07, 6.45) is 0. The summed E-state index contributed by atoms with van der Waals surface area (Å²) in [5.41, 5.74) is 1.58. The Morgan fingerprint density at radius 2 is 1.72 bits per heavy atom. The molecule has 0 aliphatic heterocycles. The Morgan fingerprint density at radius 1 is 1.10 bits per heavy atom. The van der Waals surface area contributed by atoms with E-state index in [1.807, 2.05) is 52.0 Å². The van der Waals surface area contributed by atoms with Gasteiger partial charge in [-0.05, 0) is 70.0 Å². The topological polar surface area (TPSA) is 58.6 Å². The molecule has 0 heterocycles. The Labute approximate surface area is 171 Å². The minimum Gasteiger partial charge on any atom is -0.484 e. The summed E-state index contributed by atoms with van der Waals surface area (Å²) in [4.78, 5) is 27.2. The molecule has 0 aliphatic carbocycles. The van der Waals surface area contributed by atoms with E-state index in [4.69, 9.17) is 4.74 Å². The molecule has 0 radical (unpaired) electrons. The maximum atomic E-state index is 13.0. The first-order chi connectivity index (χ1) is 13.6. The molecule has 5 nitrogen and oxygen atoms in total. The first-order valence-electron chi connectivity index (χ1n) is 9.61. The van der Waals surface area contributed by atoms with Crippen molar-refractivity contribution in [2.24, 2.45) is 0 Å². The summed E-state index contributed by atoms with van der Waals surface area (Å²) in [6, 6.07) is 12.5. The van der Waals surface area contributed by atoms with E-state index in [2.05, 4.69) is 5.32 Å². The third kappa shape index (κ3) is 6.89. The van der Waals surface area contributed by atoms with Gasteiger partial charge < -0.3 is 15.0 Å². The Bertz CT molecular complexity index is 844. The molecule has 0 spiro atoms. The third-order valence-electron chi connectivity index (χ3n) is 4.44. The van der Waals surface area contributed by atoms with E-state index >= 15 is 0 Å². The molecular formula is C23H29FN2O3. The van der Waals surface area contributed by atoms with Crippen LogP contribution < -0.4 is 10.1 Å². The predicted octanol–water partition coefficient (Wildman–Crippen LogP) is 3.84. The highest BCUT2D eigenvalue weighted by atomic mass is 19.1. The lowest BCUT2D eigenvalue weighted by molar-refractivity contribution is -0.142. The first kappa shape index (κ1) is 22.4.